The summed E-state index contributed by atoms with van der Waals surface area (Å²) in [6, 6.07) is -0.130. The first-order valence-electron chi connectivity index (χ1n) is 5.95. The molecule has 1 saturated carbocycles. The van der Waals surface area contributed by atoms with Gasteiger partial charge in [0.1, 0.15) is 0 Å². The molecule has 0 aliphatic heterocycles. The van der Waals surface area contributed by atoms with Crippen LogP contribution in [0.2, 0.25) is 0 Å². The Labute approximate surface area is 102 Å². The maximum absolute atomic E-state index is 11.9. The molecule has 1 aliphatic carbocycles. The summed E-state index contributed by atoms with van der Waals surface area (Å²) in [5.74, 6) is -1.03. The van der Waals surface area contributed by atoms with E-state index in [0.717, 1.165) is 0 Å². The minimum absolute atomic E-state index is 0.130. The first-order chi connectivity index (χ1) is 7.78. The van der Waals surface area contributed by atoms with Gasteiger partial charge < -0.3 is 15.2 Å². The molecule has 5 nitrogen and oxygen atoms in total. The predicted octanol–water partition coefficient (Wildman–Crippen LogP) is 0.997. The van der Waals surface area contributed by atoms with Crippen LogP contribution < -0.4 is 5.73 Å². The minimum atomic E-state index is -1.17. The summed E-state index contributed by atoms with van der Waals surface area (Å²) in [4.78, 5) is 23.9. The van der Waals surface area contributed by atoms with E-state index in [9.17, 15) is 9.59 Å². The molecule has 0 aromatic rings. The molecule has 0 aromatic carbocycles. The molecule has 0 heterocycles. The molecule has 0 spiro atoms. The van der Waals surface area contributed by atoms with E-state index in [1.807, 2.05) is 0 Å². The maximum atomic E-state index is 11.9. The lowest BCUT2D eigenvalue weighted by Gasteiger charge is -2.41. The number of esters is 2. The highest BCUT2D eigenvalue weighted by atomic mass is 16.6. The van der Waals surface area contributed by atoms with Crippen LogP contribution in [0, 0.1) is 5.41 Å². The number of hydrogen-bond acceptors (Lipinski definition) is 5. The van der Waals surface area contributed by atoms with Crippen molar-refractivity contribution in [2.75, 3.05) is 0 Å². The van der Waals surface area contributed by atoms with Crippen LogP contribution in [0.5, 0.6) is 0 Å². The summed E-state index contributed by atoms with van der Waals surface area (Å²) in [5, 5.41) is 0. The first kappa shape index (κ1) is 14.0. The summed E-state index contributed by atoms with van der Waals surface area (Å²) in [6.45, 7) is 6.99. The Hall–Kier alpha value is -1.10. The van der Waals surface area contributed by atoms with Gasteiger partial charge in [-0.15, -0.1) is 0 Å². The number of ether oxygens (including phenoxy) is 2. The van der Waals surface area contributed by atoms with Crippen molar-refractivity contribution in [1.82, 2.24) is 0 Å². The molecule has 5 heteroatoms. The molecule has 1 rings (SSSR count). The molecule has 0 aromatic heterocycles. The Bertz CT molecular complexity index is 282. The highest BCUT2D eigenvalue weighted by molar-refractivity contribution is 6.01. The van der Waals surface area contributed by atoms with Crippen molar-refractivity contribution in [3.05, 3.63) is 0 Å². The van der Waals surface area contributed by atoms with Crippen LogP contribution in [0.4, 0.5) is 0 Å². The molecule has 0 saturated heterocycles. The third-order valence-electron chi connectivity index (χ3n) is 2.69. The quantitative estimate of drug-likeness (QED) is 0.588. The average molecular weight is 243 g/mol. The van der Waals surface area contributed by atoms with Crippen molar-refractivity contribution < 1.29 is 19.1 Å². The molecule has 2 N–H and O–H groups in total. The molecule has 1 aliphatic rings. The summed E-state index contributed by atoms with van der Waals surface area (Å²) >= 11 is 0. The number of rotatable bonds is 4. The molecule has 0 amide bonds. The van der Waals surface area contributed by atoms with Gasteiger partial charge in [0.2, 0.25) is 0 Å². The standard InChI is InChI=1S/C12H21NO4/c1-7(2)16-10(14)12(5-9(13)6-12)11(15)17-8(3)4/h7-9H,5-6,13H2,1-4H3. The molecule has 0 unspecified atom stereocenters. The van der Waals surface area contributed by atoms with Crippen molar-refractivity contribution >= 4 is 11.9 Å². The fourth-order valence-corrected chi connectivity index (χ4v) is 1.91. The lowest BCUT2D eigenvalue weighted by molar-refractivity contribution is -0.185. The van der Waals surface area contributed by atoms with Crippen molar-refractivity contribution in [3.63, 3.8) is 0 Å². The highest BCUT2D eigenvalue weighted by Gasteiger charge is 2.57. The van der Waals surface area contributed by atoms with Gasteiger partial charge in [-0.25, -0.2) is 0 Å². The van der Waals surface area contributed by atoms with Crippen LogP contribution in [-0.4, -0.2) is 30.2 Å². The van der Waals surface area contributed by atoms with E-state index in [4.69, 9.17) is 15.2 Å². The third-order valence-corrected chi connectivity index (χ3v) is 2.69. The van der Waals surface area contributed by atoms with Gasteiger partial charge in [0.25, 0.3) is 0 Å². The van der Waals surface area contributed by atoms with Gasteiger partial charge in [-0.3, -0.25) is 9.59 Å². The summed E-state index contributed by atoms with van der Waals surface area (Å²) in [7, 11) is 0. The Morgan fingerprint density at radius 1 is 1.06 bits per heavy atom. The summed E-state index contributed by atoms with van der Waals surface area (Å²) in [5.41, 5.74) is 4.50. The van der Waals surface area contributed by atoms with Crippen LogP contribution in [-0.2, 0) is 19.1 Å². The van der Waals surface area contributed by atoms with Crippen molar-refractivity contribution in [3.8, 4) is 0 Å². The van der Waals surface area contributed by atoms with Gasteiger partial charge in [0.15, 0.2) is 5.41 Å². The second-order valence-electron chi connectivity index (χ2n) is 5.16. The zero-order chi connectivity index (χ0) is 13.2. The third kappa shape index (κ3) is 2.97. The van der Waals surface area contributed by atoms with Crippen LogP contribution in [0.1, 0.15) is 40.5 Å². The predicted molar refractivity (Wildman–Crippen MR) is 62.1 cm³/mol. The molecule has 0 bridgehead atoms. The average Bonchev–Trinajstić information content (AvgIpc) is 2.09. The lowest BCUT2D eigenvalue weighted by Crippen LogP contribution is -2.57. The fraction of sp³-hybridized carbons (Fsp3) is 0.833. The fourth-order valence-electron chi connectivity index (χ4n) is 1.91. The van der Waals surface area contributed by atoms with Crippen LogP contribution in [0.15, 0.2) is 0 Å². The zero-order valence-electron chi connectivity index (χ0n) is 10.9. The van der Waals surface area contributed by atoms with Gasteiger partial charge in [-0.1, -0.05) is 0 Å². The molecule has 0 radical (unpaired) electrons. The number of nitrogens with two attached hydrogens (primary N) is 1. The van der Waals surface area contributed by atoms with Crippen LogP contribution in [0.3, 0.4) is 0 Å². The Morgan fingerprint density at radius 2 is 1.41 bits per heavy atom. The molecule has 98 valence electrons. The molecular weight excluding hydrogens is 222 g/mol. The largest absolute Gasteiger partial charge is 0.462 e. The topological polar surface area (TPSA) is 78.6 Å². The van der Waals surface area contributed by atoms with E-state index in [-0.39, 0.29) is 18.2 Å². The van der Waals surface area contributed by atoms with Gasteiger partial charge in [-0.05, 0) is 40.5 Å². The Kier molecular flexibility index (Phi) is 4.14. The van der Waals surface area contributed by atoms with E-state index in [1.54, 1.807) is 27.7 Å². The van der Waals surface area contributed by atoms with Crippen molar-refractivity contribution in [2.24, 2.45) is 11.1 Å². The zero-order valence-corrected chi connectivity index (χ0v) is 10.9. The highest BCUT2D eigenvalue weighted by Crippen LogP contribution is 2.43. The van der Waals surface area contributed by atoms with Gasteiger partial charge in [0.05, 0.1) is 12.2 Å². The van der Waals surface area contributed by atoms with E-state index in [2.05, 4.69) is 0 Å². The van der Waals surface area contributed by atoms with E-state index >= 15 is 0 Å². The van der Waals surface area contributed by atoms with Gasteiger partial charge >= 0.3 is 11.9 Å². The Morgan fingerprint density at radius 3 is 1.65 bits per heavy atom. The van der Waals surface area contributed by atoms with Crippen LogP contribution in [0.25, 0.3) is 0 Å². The smallest absolute Gasteiger partial charge is 0.323 e. The monoisotopic (exact) mass is 243 g/mol. The van der Waals surface area contributed by atoms with E-state index < -0.39 is 17.4 Å². The van der Waals surface area contributed by atoms with E-state index in [1.165, 1.54) is 0 Å². The normalized spacial score (nSPS) is 19.0. The van der Waals surface area contributed by atoms with Gasteiger partial charge in [-0.2, -0.15) is 0 Å². The molecular formula is C12H21NO4. The summed E-state index contributed by atoms with van der Waals surface area (Å²) < 4.78 is 10.2. The van der Waals surface area contributed by atoms with Crippen LogP contribution >= 0.6 is 0 Å². The molecule has 0 atom stereocenters. The molecule has 17 heavy (non-hydrogen) atoms. The second-order valence-corrected chi connectivity index (χ2v) is 5.16. The van der Waals surface area contributed by atoms with E-state index in [0.29, 0.717) is 12.8 Å². The summed E-state index contributed by atoms with van der Waals surface area (Å²) in [6.07, 6.45) is 0.125. The number of carbonyl (C=O) groups excluding carboxylic acids is 2. The van der Waals surface area contributed by atoms with Crippen molar-refractivity contribution in [2.45, 2.75) is 58.8 Å². The Balaban J connectivity index is 2.76. The number of hydrogen-bond donors (Lipinski definition) is 1. The minimum Gasteiger partial charge on any atom is -0.462 e. The second kappa shape index (κ2) is 5.04. The first-order valence-corrected chi connectivity index (χ1v) is 5.95. The molecule has 1 fully saturated rings. The number of carbonyl (C=O) groups is 2. The van der Waals surface area contributed by atoms with Gasteiger partial charge in [0, 0.05) is 6.04 Å². The lowest BCUT2D eigenvalue weighted by atomic mass is 9.65. The van der Waals surface area contributed by atoms with Crippen molar-refractivity contribution in [1.29, 1.82) is 0 Å². The SMILES string of the molecule is CC(C)OC(=O)C1(C(=O)OC(C)C)CC(N)C1. The maximum Gasteiger partial charge on any atom is 0.323 e.